The molecule has 0 saturated carbocycles. The molecule has 0 aliphatic rings. The van der Waals surface area contributed by atoms with E-state index in [0.29, 0.717) is 18.2 Å². The third kappa shape index (κ3) is 2.75. The van der Waals surface area contributed by atoms with E-state index in [1.807, 2.05) is 13.0 Å². The zero-order chi connectivity index (χ0) is 12.1. The van der Waals surface area contributed by atoms with Gasteiger partial charge in [0.05, 0.1) is 7.11 Å². The lowest BCUT2D eigenvalue weighted by Crippen LogP contribution is -1.98. The van der Waals surface area contributed by atoms with E-state index >= 15 is 0 Å². The number of hydrogen-bond acceptors (Lipinski definition) is 3. The third-order valence-electron chi connectivity index (χ3n) is 2.42. The van der Waals surface area contributed by atoms with E-state index in [9.17, 15) is 5.11 Å². The minimum Gasteiger partial charge on any atom is -0.507 e. The van der Waals surface area contributed by atoms with Gasteiger partial charge in [-0.3, -0.25) is 4.99 Å². The van der Waals surface area contributed by atoms with Crippen LogP contribution in [-0.4, -0.2) is 25.0 Å². The molecule has 3 nitrogen and oxygen atoms in total. The van der Waals surface area contributed by atoms with Crippen LogP contribution in [-0.2, 0) is 0 Å². The Morgan fingerprint density at radius 1 is 1.44 bits per heavy atom. The number of aromatic hydroxyl groups is 1. The lowest BCUT2D eigenvalue weighted by molar-refractivity contribution is 0.406. The van der Waals surface area contributed by atoms with Crippen LogP contribution in [0.5, 0.6) is 11.5 Å². The average Bonchev–Trinajstić information content (AvgIpc) is 2.26. The molecule has 0 bridgehead atoms. The number of hydrogen-bond donors (Lipinski definition) is 1. The topological polar surface area (TPSA) is 41.8 Å². The van der Waals surface area contributed by atoms with Crippen LogP contribution in [0.15, 0.2) is 17.1 Å². The zero-order valence-corrected chi connectivity index (χ0v) is 10.3. The van der Waals surface area contributed by atoms with E-state index in [-0.39, 0.29) is 5.75 Å². The van der Waals surface area contributed by atoms with Crippen LogP contribution in [0, 0.1) is 0 Å². The van der Waals surface area contributed by atoms with Crippen LogP contribution < -0.4 is 4.74 Å². The van der Waals surface area contributed by atoms with Gasteiger partial charge in [-0.15, -0.1) is 0 Å². The maximum atomic E-state index is 9.91. The van der Waals surface area contributed by atoms with E-state index in [1.165, 1.54) is 0 Å². The fraction of sp³-hybridized carbons (Fsp3) is 0.462. The van der Waals surface area contributed by atoms with Crippen molar-refractivity contribution in [1.29, 1.82) is 0 Å². The van der Waals surface area contributed by atoms with Crippen LogP contribution in [0.25, 0.3) is 0 Å². The van der Waals surface area contributed by atoms with E-state index in [4.69, 9.17) is 4.74 Å². The first-order valence-electron chi connectivity index (χ1n) is 5.50. The highest BCUT2D eigenvalue weighted by molar-refractivity contribution is 5.86. The van der Waals surface area contributed by atoms with Gasteiger partial charge in [-0.05, 0) is 24.5 Å². The number of aliphatic imine (C=N–C) groups is 1. The van der Waals surface area contributed by atoms with Gasteiger partial charge < -0.3 is 9.84 Å². The molecule has 0 aromatic heterocycles. The van der Waals surface area contributed by atoms with Gasteiger partial charge in [-0.2, -0.15) is 0 Å². The van der Waals surface area contributed by atoms with Gasteiger partial charge in [0.15, 0.2) is 0 Å². The van der Waals surface area contributed by atoms with E-state index in [0.717, 1.165) is 11.1 Å². The summed E-state index contributed by atoms with van der Waals surface area (Å²) in [4.78, 5) is 4.18. The van der Waals surface area contributed by atoms with E-state index < -0.39 is 0 Å². The highest BCUT2D eigenvalue weighted by atomic mass is 16.5. The Morgan fingerprint density at radius 3 is 2.62 bits per heavy atom. The van der Waals surface area contributed by atoms with Crippen molar-refractivity contribution in [3.8, 4) is 11.5 Å². The number of benzene rings is 1. The number of nitrogens with zero attached hydrogens (tertiary/aromatic N) is 1. The van der Waals surface area contributed by atoms with Crippen molar-refractivity contribution in [2.45, 2.75) is 26.7 Å². The Balaban J connectivity index is 3.28. The molecule has 0 saturated heterocycles. The van der Waals surface area contributed by atoms with Crippen molar-refractivity contribution >= 4 is 6.21 Å². The largest absolute Gasteiger partial charge is 0.507 e. The predicted octanol–water partition coefficient (Wildman–Crippen LogP) is 2.96. The molecule has 16 heavy (non-hydrogen) atoms. The Kier molecular flexibility index (Phi) is 4.35. The Morgan fingerprint density at radius 2 is 2.12 bits per heavy atom. The van der Waals surface area contributed by atoms with Crippen LogP contribution in [0.3, 0.4) is 0 Å². The average molecular weight is 221 g/mol. The molecule has 0 heterocycles. The Hall–Kier alpha value is -1.51. The summed E-state index contributed by atoms with van der Waals surface area (Å²) in [5, 5.41) is 9.91. The third-order valence-corrected chi connectivity index (χ3v) is 2.42. The minimum absolute atomic E-state index is 0.222. The molecular formula is C13H19NO2. The summed E-state index contributed by atoms with van der Waals surface area (Å²) in [6, 6.07) is 3.56. The molecule has 0 radical (unpaired) electrons. The lowest BCUT2D eigenvalue weighted by atomic mass is 9.96. The van der Waals surface area contributed by atoms with Crippen LogP contribution >= 0.6 is 0 Å². The van der Waals surface area contributed by atoms with Crippen molar-refractivity contribution in [3.05, 3.63) is 23.3 Å². The highest BCUT2D eigenvalue weighted by Crippen LogP contribution is 2.31. The first-order valence-corrected chi connectivity index (χ1v) is 5.50. The summed E-state index contributed by atoms with van der Waals surface area (Å²) >= 11 is 0. The molecule has 1 aromatic carbocycles. The molecule has 0 spiro atoms. The van der Waals surface area contributed by atoms with Gasteiger partial charge in [-0.25, -0.2) is 0 Å². The Bertz CT molecular complexity index is 384. The fourth-order valence-electron chi connectivity index (χ4n) is 1.55. The molecule has 0 amide bonds. The summed E-state index contributed by atoms with van der Waals surface area (Å²) < 4.78 is 5.14. The van der Waals surface area contributed by atoms with Gasteiger partial charge in [-0.1, -0.05) is 13.8 Å². The number of ether oxygens (including phenoxy) is 1. The normalized spacial score (nSPS) is 11.3. The second-order valence-electron chi connectivity index (χ2n) is 3.93. The Labute approximate surface area is 96.8 Å². The predicted molar refractivity (Wildman–Crippen MR) is 66.9 cm³/mol. The molecule has 3 heteroatoms. The lowest BCUT2D eigenvalue weighted by Gasteiger charge is -2.13. The van der Waals surface area contributed by atoms with Gasteiger partial charge in [0.1, 0.15) is 11.5 Å². The highest BCUT2D eigenvalue weighted by Gasteiger charge is 2.11. The molecule has 0 unspecified atom stereocenters. The van der Waals surface area contributed by atoms with Crippen LogP contribution in [0.4, 0.5) is 0 Å². The molecule has 88 valence electrons. The number of methoxy groups -OCH3 is 1. The van der Waals surface area contributed by atoms with Crippen molar-refractivity contribution in [3.63, 3.8) is 0 Å². The van der Waals surface area contributed by atoms with Crippen molar-refractivity contribution in [2.24, 2.45) is 4.99 Å². The number of rotatable bonds is 4. The minimum atomic E-state index is 0.222. The fourth-order valence-corrected chi connectivity index (χ4v) is 1.55. The van der Waals surface area contributed by atoms with Crippen molar-refractivity contribution in [2.75, 3.05) is 13.7 Å². The molecule has 0 aliphatic heterocycles. The monoisotopic (exact) mass is 221 g/mol. The summed E-state index contributed by atoms with van der Waals surface area (Å²) in [5.41, 5.74) is 1.84. The van der Waals surface area contributed by atoms with Gasteiger partial charge in [0.2, 0.25) is 0 Å². The zero-order valence-electron chi connectivity index (χ0n) is 10.3. The quantitative estimate of drug-likeness (QED) is 0.794. The first kappa shape index (κ1) is 12.6. The van der Waals surface area contributed by atoms with E-state index in [1.54, 1.807) is 19.4 Å². The van der Waals surface area contributed by atoms with Crippen LogP contribution in [0.1, 0.15) is 37.8 Å². The first-order chi connectivity index (χ1) is 7.60. The van der Waals surface area contributed by atoms with Crippen molar-refractivity contribution < 1.29 is 9.84 Å². The molecule has 1 N–H and O–H groups in total. The summed E-state index contributed by atoms with van der Waals surface area (Å²) in [6.07, 6.45) is 1.73. The SMILES string of the molecule is CCN=Cc1c(O)cc(OC)cc1C(C)C. The second kappa shape index (κ2) is 5.54. The van der Waals surface area contributed by atoms with Gasteiger partial charge in [0, 0.05) is 24.4 Å². The molecule has 0 fully saturated rings. The van der Waals surface area contributed by atoms with E-state index in [2.05, 4.69) is 18.8 Å². The summed E-state index contributed by atoms with van der Waals surface area (Å²) in [5.74, 6) is 1.22. The second-order valence-corrected chi connectivity index (χ2v) is 3.93. The standard InChI is InChI=1S/C13H19NO2/c1-5-14-8-12-11(9(2)3)6-10(16-4)7-13(12)15/h6-9,15H,5H2,1-4H3. The number of phenolic OH excluding ortho intramolecular Hbond substituents is 1. The molecule has 1 aromatic rings. The van der Waals surface area contributed by atoms with Gasteiger partial charge in [0.25, 0.3) is 0 Å². The maximum absolute atomic E-state index is 9.91. The van der Waals surface area contributed by atoms with Crippen molar-refractivity contribution in [1.82, 2.24) is 0 Å². The van der Waals surface area contributed by atoms with Gasteiger partial charge >= 0.3 is 0 Å². The number of phenols is 1. The summed E-state index contributed by atoms with van der Waals surface area (Å²) in [7, 11) is 1.60. The summed E-state index contributed by atoms with van der Waals surface area (Å²) in [6.45, 7) is 6.84. The molecule has 1 rings (SSSR count). The molecular weight excluding hydrogens is 202 g/mol. The molecule has 0 atom stereocenters. The molecule has 0 aliphatic carbocycles. The van der Waals surface area contributed by atoms with Crippen LogP contribution in [0.2, 0.25) is 0 Å². The smallest absolute Gasteiger partial charge is 0.128 e. The maximum Gasteiger partial charge on any atom is 0.128 e.